The lowest BCUT2D eigenvalue weighted by Gasteiger charge is -2.27. The first-order valence-electron chi connectivity index (χ1n) is 6.80. The van der Waals surface area contributed by atoms with E-state index in [0.29, 0.717) is 6.42 Å². The number of nitrogens with zero attached hydrogens (tertiary/aromatic N) is 1. The molecule has 0 radical (unpaired) electrons. The van der Waals surface area contributed by atoms with Crippen molar-refractivity contribution in [2.24, 2.45) is 11.1 Å². The summed E-state index contributed by atoms with van der Waals surface area (Å²) in [4.78, 5) is 11.4. The van der Waals surface area contributed by atoms with E-state index in [1.807, 2.05) is 48.6 Å². The van der Waals surface area contributed by atoms with Gasteiger partial charge < -0.3 is 10.5 Å². The molecule has 2 atom stereocenters. The largest absolute Gasteiger partial charge is 0.468 e. The van der Waals surface area contributed by atoms with Gasteiger partial charge in [0.15, 0.2) is 0 Å². The van der Waals surface area contributed by atoms with Crippen molar-refractivity contribution in [2.45, 2.75) is 18.9 Å². The van der Waals surface area contributed by atoms with Crippen LogP contribution in [0, 0.1) is 16.7 Å². The second-order valence-corrected chi connectivity index (χ2v) is 5.16. The lowest BCUT2D eigenvalue weighted by Crippen LogP contribution is -2.37. The van der Waals surface area contributed by atoms with Crippen LogP contribution in [0.3, 0.4) is 0 Å². The van der Waals surface area contributed by atoms with Crippen LogP contribution >= 0.6 is 0 Å². The number of ether oxygens (including phenoxy) is 1. The molecule has 0 aromatic heterocycles. The molecule has 0 heterocycles. The first-order valence-corrected chi connectivity index (χ1v) is 6.80. The molecule has 0 spiro atoms. The van der Waals surface area contributed by atoms with Crippen molar-refractivity contribution in [1.82, 2.24) is 0 Å². The summed E-state index contributed by atoms with van der Waals surface area (Å²) in [5.74, 6) is -0.490. The Bertz CT molecular complexity index is 613. The van der Waals surface area contributed by atoms with Crippen LogP contribution in [0.2, 0.25) is 0 Å². The summed E-state index contributed by atoms with van der Waals surface area (Å²) in [7, 11) is 1.30. The Balaban J connectivity index is 2.13. The Morgan fingerprint density at radius 1 is 1.48 bits per heavy atom. The van der Waals surface area contributed by atoms with Crippen molar-refractivity contribution in [3.63, 3.8) is 0 Å². The second-order valence-electron chi connectivity index (χ2n) is 5.16. The quantitative estimate of drug-likeness (QED) is 0.860. The smallest absolute Gasteiger partial charge is 0.322 e. The molecule has 0 amide bonds. The molecule has 4 nitrogen and oxygen atoms in total. The van der Waals surface area contributed by atoms with E-state index in [2.05, 4.69) is 10.8 Å². The van der Waals surface area contributed by atoms with Crippen LogP contribution in [0.15, 0.2) is 48.6 Å². The summed E-state index contributed by atoms with van der Waals surface area (Å²) in [5, 5.41) is 9.46. The van der Waals surface area contributed by atoms with Gasteiger partial charge in [-0.25, -0.2) is 0 Å². The van der Waals surface area contributed by atoms with E-state index in [9.17, 15) is 10.1 Å². The van der Waals surface area contributed by atoms with Gasteiger partial charge in [-0.3, -0.25) is 4.79 Å². The van der Waals surface area contributed by atoms with Gasteiger partial charge in [0.2, 0.25) is 0 Å². The number of hydrogen-bond donors (Lipinski definition) is 1. The number of nitriles is 1. The summed E-state index contributed by atoms with van der Waals surface area (Å²) in [5.41, 5.74) is 7.23. The minimum atomic E-state index is -0.786. The predicted octanol–water partition coefficient (Wildman–Crippen LogP) is 2.43. The van der Waals surface area contributed by atoms with Crippen LogP contribution in [0.1, 0.15) is 18.4 Å². The predicted molar refractivity (Wildman–Crippen MR) is 80.8 cm³/mol. The molecule has 1 unspecified atom stereocenters. The van der Waals surface area contributed by atoms with Crippen molar-refractivity contribution < 1.29 is 9.53 Å². The minimum Gasteiger partial charge on any atom is -0.468 e. The highest BCUT2D eigenvalue weighted by molar-refractivity contribution is 5.77. The maximum absolute atomic E-state index is 11.4. The molecule has 108 valence electrons. The van der Waals surface area contributed by atoms with Crippen LogP contribution in [0.4, 0.5) is 0 Å². The number of methoxy groups -OCH3 is 1. The highest BCUT2D eigenvalue weighted by Gasteiger charge is 2.33. The van der Waals surface area contributed by atoms with E-state index in [1.165, 1.54) is 7.11 Å². The van der Waals surface area contributed by atoms with Crippen LogP contribution < -0.4 is 5.73 Å². The Kier molecular flexibility index (Phi) is 4.56. The number of carbonyl (C=O) groups excluding carboxylic acids is 1. The molecule has 0 aliphatic heterocycles. The van der Waals surface area contributed by atoms with E-state index < -0.39 is 17.4 Å². The van der Waals surface area contributed by atoms with Gasteiger partial charge in [0, 0.05) is 0 Å². The van der Waals surface area contributed by atoms with Gasteiger partial charge in [-0.1, -0.05) is 48.6 Å². The number of carbonyl (C=O) groups is 1. The van der Waals surface area contributed by atoms with Gasteiger partial charge in [-0.2, -0.15) is 5.26 Å². The molecule has 0 saturated carbocycles. The number of esters is 1. The summed E-state index contributed by atoms with van der Waals surface area (Å²) < 4.78 is 4.62. The zero-order valence-electron chi connectivity index (χ0n) is 12.0. The Hall–Kier alpha value is -2.38. The zero-order chi connectivity index (χ0) is 15.3. The van der Waals surface area contributed by atoms with Gasteiger partial charge in [0.25, 0.3) is 0 Å². The number of benzene rings is 1. The summed E-state index contributed by atoms with van der Waals surface area (Å²) in [6.45, 7) is 0. The van der Waals surface area contributed by atoms with E-state index in [0.717, 1.165) is 11.1 Å². The monoisotopic (exact) mass is 282 g/mol. The zero-order valence-corrected chi connectivity index (χ0v) is 12.0. The van der Waals surface area contributed by atoms with Crippen molar-refractivity contribution in [3.8, 4) is 6.07 Å². The Morgan fingerprint density at radius 2 is 2.19 bits per heavy atom. The van der Waals surface area contributed by atoms with Gasteiger partial charge in [-0.15, -0.1) is 0 Å². The minimum absolute atomic E-state index is 0.255. The lowest BCUT2D eigenvalue weighted by molar-refractivity contribution is -0.142. The van der Waals surface area contributed by atoms with E-state index in [-0.39, 0.29) is 6.42 Å². The maximum Gasteiger partial charge on any atom is 0.322 e. The molecule has 0 bridgehead atoms. The number of hydrogen-bond acceptors (Lipinski definition) is 4. The number of nitrogens with two attached hydrogens (primary N) is 1. The molecular formula is C17H18N2O2. The highest BCUT2D eigenvalue weighted by atomic mass is 16.5. The van der Waals surface area contributed by atoms with Gasteiger partial charge in [0.1, 0.15) is 6.04 Å². The third-order valence-corrected chi connectivity index (χ3v) is 3.69. The average Bonchev–Trinajstić information content (AvgIpc) is 2.55. The third-order valence-electron chi connectivity index (χ3n) is 3.69. The average molecular weight is 282 g/mol. The molecule has 1 aromatic carbocycles. The lowest BCUT2D eigenvalue weighted by atomic mass is 9.76. The van der Waals surface area contributed by atoms with Crippen molar-refractivity contribution >= 4 is 11.5 Å². The van der Waals surface area contributed by atoms with E-state index >= 15 is 0 Å². The molecule has 1 aromatic rings. The molecule has 1 aliphatic rings. The fraction of sp³-hybridized carbons (Fsp3) is 0.294. The van der Waals surface area contributed by atoms with Crippen LogP contribution in [-0.2, 0) is 9.53 Å². The molecule has 4 heteroatoms. The topological polar surface area (TPSA) is 76.1 Å². The molecular weight excluding hydrogens is 264 g/mol. The fourth-order valence-corrected chi connectivity index (χ4v) is 2.43. The molecule has 21 heavy (non-hydrogen) atoms. The van der Waals surface area contributed by atoms with E-state index in [1.54, 1.807) is 0 Å². The molecule has 2 rings (SSSR count). The van der Waals surface area contributed by atoms with Crippen LogP contribution in [-0.4, -0.2) is 19.1 Å². The van der Waals surface area contributed by atoms with Crippen LogP contribution in [0.5, 0.6) is 0 Å². The fourth-order valence-electron chi connectivity index (χ4n) is 2.43. The van der Waals surface area contributed by atoms with Crippen molar-refractivity contribution in [2.75, 3.05) is 7.11 Å². The first-order chi connectivity index (χ1) is 10.1. The molecule has 2 N–H and O–H groups in total. The molecule has 0 saturated heterocycles. The summed E-state index contributed by atoms with van der Waals surface area (Å²) in [6.07, 6.45) is 6.58. The van der Waals surface area contributed by atoms with Gasteiger partial charge in [-0.05, 0) is 24.0 Å². The van der Waals surface area contributed by atoms with E-state index in [4.69, 9.17) is 5.73 Å². The summed E-state index contributed by atoms with van der Waals surface area (Å²) >= 11 is 0. The first kappa shape index (κ1) is 15.0. The summed E-state index contributed by atoms with van der Waals surface area (Å²) in [6, 6.07) is 11.5. The normalized spacial score (nSPS) is 22.0. The maximum atomic E-state index is 11.4. The SMILES string of the molecule is COC(=O)[C@@H](N)CC1(C#N)C=CC(c2ccccc2)=CC1. The van der Waals surface area contributed by atoms with Crippen molar-refractivity contribution in [1.29, 1.82) is 5.26 Å². The molecule has 1 aliphatic carbocycles. The Labute approximate surface area is 124 Å². The van der Waals surface area contributed by atoms with Crippen LogP contribution in [0.25, 0.3) is 5.57 Å². The van der Waals surface area contributed by atoms with Crippen molar-refractivity contribution in [3.05, 3.63) is 54.1 Å². The highest BCUT2D eigenvalue weighted by Crippen LogP contribution is 2.36. The second kappa shape index (κ2) is 6.38. The molecule has 0 fully saturated rings. The van der Waals surface area contributed by atoms with Gasteiger partial charge >= 0.3 is 5.97 Å². The standard InChI is InChI=1S/C17H18N2O2/c1-21-16(20)15(19)11-17(12-18)9-7-14(8-10-17)13-5-3-2-4-6-13/h2-9,15H,10-11,19H2,1H3/t15-,17?/m0/s1. The van der Waals surface area contributed by atoms with Gasteiger partial charge in [0.05, 0.1) is 18.6 Å². The number of rotatable bonds is 4. The Morgan fingerprint density at radius 3 is 2.71 bits per heavy atom. The third kappa shape index (κ3) is 3.39. The number of allylic oxidation sites excluding steroid dienone is 4.